The summed E-state index contributed by atoms with van der Waals surface area (Å²) in [5.74, 6) is 0.144. The molecule has 0 fully saturated rings. The highest BCUT2D eigenvalue weighted by Crippen LogP contribution is 2.39. The van der Waals surface area contributed by atoms with Gasteiger partial charge in [0.05, 0.1) is 0 Å². The third-order valence-corrected chi connectivity index (χ3v) is 6.48. The van der Waals surface area contributed by atoms with Crippen LogP contribution in [0.2, 0.25) is 0 Å². The lowest BCUT2D eigenvalue weighted by atomic mass is 9.72. The summed E-state index contributed by atoms with van der Waals surface area (Å²) in [5.41, 5.74) is 6.20. The van der Waals surface area contributed by atoms with Gasteiger partial charge in [-0.15, -0.1) is 0 Å². The Morgan fingerprint density at radius 2 is 0.861 bits per heavy atom. The maximum atomic E-state index is 13.5. The topological polar surface area (TPSA) is 34.1 Å². The fourth-order valence-corrected chi connectivity index (χ4v) is 4.47. The Hall–Kier alpha value is -3.78. The number of Topliss-reactive ketones (excluding diaryl/α,β-unsaturated/α-hetero) is 2. The summed E-state index contributed by atoms with van der Waals surface area (Å²) in [5, 5.41) is 0. The first-order valence-corrected chi connectivity index (χ1v) is 12.4. The molecule has 0 atom stereocenters. The van der Waals surface area contributed by atoms with Gasteiger partial charge in [-0.05, 0) is 57.4 Å². The third-order valence-electron chi connectivity index (χ3n) is 6.48. The molecule has 0 heterocycles. The Morgan fingerprint density at radius 1 is 0.500 bits per heavy atom. The molecule has 0 radical (unpaired) electrons. The summed E-state index contributed by atoms with van der Waals surface area (Å²) >= 11 is 0. The number of allylic oxidation sites excluding steroid dienone is 12. The van der Waals surface area contributed by atoms with E-state index in [4.69, 9.17) is 0 Å². The van der Waals surface area contributed by atoms with Crippen molar-refractivity contribution in [2.75, 3.05) is 0 Å². The molecule has 2 aromatic rings. The van der Waals surface area contributed by atoms with Crippen molar-refractivity contribution in [1.82, 2.24) is 0 Å². The zero-order chi connectivity index (χ0) is 26.1. The third kappa shape index (κ3) is 5.39. The highest BCUT2D eigenvalue weighted by Gasteiger charge is 2.34. The van der Waals surface area contributed by atoms with Crippen LogP contribution in [-0.4, -0.2) is 11.6 Å². The van der Waals surface area contributed by atoms with Gasteiger partial charge in [-0.2, -0.15) is 0 Å². The molecule has 0 saturated carbocycles. The van der Waals surface area contributed by atoms with Crippen molar-refractivity contribution in [2.45, 2.75) is 41.5 Å². The van der Waals surface area contributed by atoms with Crippen molar-refractivity contribution in [2.24, 2.45) is 10.8 Å². The molecular formula is C34H34O2. The Bertz CT molecular complexity index is 1280. The number of rotatable bonds is 3. The largest absolute Gasteiger partial charge is 0.289 e. The van der Waals surface area contributed by atoms with Gasteiger partial charge in [-0.3, -0.25) is 9.59 Å². The molecule has 4 rings (SSSR count). The summed E-state index contributed by atoms with van der Waals surface area (Å²) in [7, 11) is 0. The molecule has 0 N–H and O–H groups in total. The van der Waals surface area contributed by atoms with Crippen molar-refractivity contribution in [3.63, 3.8) is 0 Å². The van der Waals surface area contributed by atoms with Crippen LogP contribution in [0.1, 0.15) is 52.7 Å². The number of hydrogen-bond donors (Lipinski definition) is 0. The molecule has 0 unspecified atom stereocenters. The summed E-state index contributed by atoms with van der Waals surface area (Å²) in [6.07, 6.45) is 12.0. The van der Waals surface area contributed by atoms with E-state index >= 15 is 0 Å². The van der Waals surface area contributed by atoms with Gasteiger partial charge < -0.3 is 0 Å². The van der Waals surface area contributed by atoms with Gasteiger partial charge in [-0.1, -0.05) is 114 Å². The van der Waals surface area contributed by atoms with Crippen LogP contribution in [0.25, 0.3) is 11.1 Å². The molecule has 0 saturated heterocycles. The van der Waals surface area contributed by atoms with Crippen LogP contribution in [0, 0.1) is 10.8 Å². The van der Waals surface area contributed by atoms with Crippen molar-refractivity contribution >= 4 is 22.7 Å². The molecule has 36 heavy (non-hydrogen) atoms. The van der Waals surface area contributed by atoms with E-state index in [1.165, 1.54) is 0 Å². The van der Waals surface area contributed by atoms with Crippen LogP contribution in [-0.2, 0) is 9.59 Å². The first kappa shape index (κ1) is 25.3. The molecule has 0 aliphatic heterocycles. The van der Waals surface area contributed by atoms with E-state index in [0.29, 0.717) is 11.1 Å². The number of carbonyl (C=O) groups is 2. The Kier molecular flexibility index (Phi) is 6.82. The summed E-state index contributed by atoms with van der Waals surface area (Å²) < 4.78 is 0. The molecule has 2 nitrogen and oxygen atoms in total. The predicted molar refractivity (Wildman–Crippen MR) is 150 cm³/mol. The number of carbonyl (C=O) groups excluding carboxylic acids is 2. The van der Waals surface area contributed by atoms with E-state index in [-0.39, 0.29) is 22.4 Å². The van der Waals surface area contributed by atoms with Crippen LogP contribution >= 0.6 is 0 Å². The van der Waals surface area contributed by atoms with E-state index in [0.717, 1.165) is 33.4 Å². The zero-order valence-electron chi connectivity index (χ0n) is 22.1. The maximum Gasteiger partial charge on any atom is 0.194 e. The molecule has 0 bridgehead atoms. The zero-order valence-corrected chi connectivity index (χ0v) is 22.1. The van der Waals surface area contributed by atoms with E-state index in [1.807, 2.05) is 97.1 Å². The van der Waals surface area contributed by atoms with Gasteiger partial charge in [0.2, 0.25) is 0 Å². The second kappa shape index (κ2) is 9.70. The molecule has 2 aliphatic carbocycles. The monoisotopic (exact) mass is 474 g/mol. The highest BCUT2D eigenvalue weighted by molar-refractivity contribution is 6.43. The maximum absolute atomic E-state index is 13.5. The highest BCUT2D eigenvalue weighted by atomic mass is 16.1. The molecule has 2 aliphatic rings. The smallest absolute Gasteiger partial charge is 0.194 e. The summed E-state index contributed by atoms with van der Waals surface area (Å²) in [6.45, 7) is 12.5. The Labute approximate surface area is 215 Å². The van der Waals surface area contributed by atoms with Gasteiger partial charge in [0.25, 0.3) is 0 Å². The second-order valence-corrected chi connectivity index (χ2v) is 11.5. The SMILES string of the molecule is CC(C)(C)C1=CC(=CC=C2C=C(c3ccccc3)C(=O)C(c3ccccc3)=C2)C=C(C(C)(C)C)C1=O. The van der Waals surface area contributed by atoms with Gasteiger partial charge >= 0.3 is 0 Å². The lowest BCUT2D eigenvalue weighted by molar-refractivity contribution is -0.114. The Morgan fingerprint density at radius 3 is 1.22 bits per heavy atom. The molecule has 182 valence electrons. The van der Waals surface area contributed by atoms with Crippen LogP contribution in [0.3, 0.4) is 0 Å². The first-order chi connectivity index (χ1) is 16.9. The molecule has 0 amide bonds. The minimum atomic E-state index is -0.258. The predicted octanol–water partition coefficient (Wildman–Crippen LogP) is 8.12. The van der Waals surface area contributed by atoms with Crippen molar-refractivity contribution in [3.8, 4) is 0 Å². The van der Waals surface area contributed by atoms with Crippen LogP contribution in [0.4, 0.5) is 0 Å². The molecule has 2 heteroatoms. The molecule has 0 spiro atoms. The average molecular weight is 475 g/mol. The number of benzene rings is 2. The summed E-state index contributed by atoms with van der Waals surface area (Å²) in [4.78, 5) is 26.8. The van der Waals surface area contributed by atoms with Gasteiger partial charge in [0.15, 0.2) is 11.6 Å². The van der Waals surface area contributed by atoms with E-state index in [9.17, 15) is 9.59 Å². The minimum absolute atomic E-state index is 0.0188. The Balaban J connectivity index is 1.85. The van der Waals surface area contributed by atoms with E-state index < -0.39 is 0 Å². The first-order valence-electron chi connectivity index (χ1n) is 12.4. The van der Waals surface area contributed by atoms with Gasteiger partial charge in [-0.25, -0.2) is 0 Å². The quantitative estimate of drug-likeness (QED) is 0.450. The molecule has 0 aromatic heterocycles. The summed E-state index contributed by atoms with van der Waals surface area (Å²) in [6, 6.07) is 19.6. The van der Waals surface area contributed by atoms with Crippen LogP contribution in [0.15, 0.2) is 119 Å². The average Bonchev–Trinajstić information content (AvgIpc) is 2.83. The van der Waals surface area contributed by atoms with Crippen molar-refractivity contribution in [3.05, 3.63) is 131 Å². The number of hydrogen-bond acceptors (Lipinski definition) is 2. The standard InChI is InChI=1S/C34H34O2/c1-33(2,3)29-21-24(22-30(32(29)36)34(4,5)6)18-17-23-19-27(25-13-9-7-10-14-25)31(35)28(20-23)26-15-11-8-12-16-26/h7-22H,1-6H3. The lowest BCUT2D eigenvalue weighted by Crippen LogP contribution is -2.27. The molecule has 2 aromatic carbocycles. The lowest BCUT2D eigenvalue weighted by Gasteiger charge is -2.31. The molecular weight excluding hydrogens is 440 g/mol. The van der Waals surface area contributed by atoms with Crippen molar-refractivity contribution < 1.29 is 9.59 Å². The second-order valence-electron chi connectivity index (χ2n) is 11.5. The van der Waals surface area contributed by atoms with E-state index in [2.05, 4.69) is 41.5 Å². The minimum Gasteiger partial charge on any atom is -0.289 e. The normalized spacial score (nSPS) is 16.7. The van der Waals surface area contributed by atoms with E-state index in [1.54, 1.807) is 0 Å². The van der Waals surface area contributed by atoms with Gasteiger partial charge in [0, 0.05) is 22.3 Å². The fourth-order valence-electron chi connectivity index (χ4n) is 4.47. The van der Waals surface area contributed by atoms with Crippen LogP contribution < -0.4 is 0 Å². The number of ketones is 2. The van der Waals surface area contributed by atoms with Gasteiger partial charge in [0.1, 0.15) is 0 Å². The fraction of sp³-hybridized carbons (Fsp3) is 0.235. The van der Waals surface area contributed by atoms with Crippen molar-refractivity contribution in [1.29, 1.82) is 0 Å². The van der Waals surface area contributed by atoms with Crippen LogP contribution in [0.5, 0.6) is 0 Å².